The first kappa shape index (κ1) is 17.8. The molecule has 10 heteroatoms. The van der Waals surface area contributed by atoms with E-state index in [-0.39, 0.29) is 12.3 Å². The van der Waals surface area contributed by atoms with Gasteiger partial charge in [-0.15, -0.1) is 0 Å². The van der Waals surface area contributed by atoms with Crippen molar-refractivity contribution < 1.29 is 16.8 Å². The first-order valence-electron chi connectivity index (χ1n) is 6.56. The van der Waals surface area contributed by atoms with Gasteiger partial charge < -0.3 is 4.90 Å². The van der Waals surface area contributed by atoms with Gasteiger partial charge in [-0.05, 0) is 6.54 Å². The van der Waals surface area contributed by atoms with Crippen LogP contribution < -0.4 is 4.72 Å². The maximum atomic E-state index is 12.1. The maximum Gasteiger partial charge on any atom is 0.278 e. The van der Waals surface area contributed by atoms with Crippen LogP contribution >= 0.6 is 0 Å². The molecule has 0 radical (unpaired) electrons. The van der Waals surface area contributed by atoms with E-state index in [4.69, 9.17) is 0 Å². The number of rotatable bonds is 7. The molecule has 1 heterocycles. The van der Waals surface area contributed by atoms with Crippen LogP contribution in [0.15, 0.2) is 0 Å². The molecule has 0 aromatic heterocycles. The Labute approximate surface area is 122 Å². The first-order valence-corrected chi connectivity index (χ1v) is 9.61. The van der Waals surface area contributed by atoms with Crippen molar-refractivity contribution >= 4 is 20.2 Å². The van der Waals surface area contributed by atoms with Gasteiger partial charge in [-0.25, -0.2) is 13.1 Å². The van der Waals surface area contributed by atoms with Crippen molar-refractivity contribution in [2.24, 2.45) is 0 Å². The summed E-state index contributed by atoms with van der Waals surface area (Å²) >= 11 is 0. The van der Waals surface area contributed by atoms with Gasteiger partial charge in [0.15, 0.2) is 0 Å². The van der Waals surface area contributed by atoms with Crippen LogP contribution in [-0.2, 0) is 20.2 Å². The average molecular weight is 328 g/mol. The predicted octanol–water partition coefficient (Wildman–Crippen LogP) is -1.65. The Balaban J connectivity index is 2.47. The van der Waals surface area contributed by atoms with Gasteiger partial charge >= 0.3 is 0 Å². The minimum absolute atomic E-state index is 0.114. The van der Waals surface area contributed by atoms with E-state index in [9.17, 15) is 16.8 Å². The lowest BCUT2D eigenvalue weighted by Crippen LogP contribution is -2.50. The quantitative estimate of drug-likeness (QED) is 0.605. The number of hydrogen-bond donors (Lipinski definition) is 1. The first-order chi connectivity index (χ1) is 9.19. The van der Waals surface area contributed by atoms with E-state index in [2.05, 4.69) is 9.62 Å². The summed E-state index contributed by atoms with van der Waals surface area (Å²) in [5, 5.41) is 0. The van der Waals surface area contributed by atoms with E-state index in [1.807, 2.05) is 6.92 Å². The van der Waals surface area contributed by atoms with Gasteiger partial charge in [0.2, 0.25) is 10.0 Å². The largest absolute Gasteiger partial charge is 0.301 e. The van der Waals surface area contributed by atoms with E-state index >= 15 is 0 Å². The Morgan fingerprint density at radius 1 is 1.05 bits per heavy atom. The SMILES string of the molecule is CCN1CCN(S(=O)(=O)CCNS(=O)(=O)N(C)C)CC1. The van der Waals surface area contributed by atoms with Crippen LogP contribution in [0.4, 0.5) is 0 Å². The zero-order chi connectivity index (χ0) is 15.4. The topological polar surface area (TPSA) is 90.0 Å². The molecule has 0 atom stereocenters. The summed E-state index contributed by atoms with van der Waals surface area (Å²) in [7, 11) is -4.19. The molecule has 120 valence electrons. The third-order valence-corrected chi connectivity index (χ3v) is 6.70. The molecular weight excluding hydrogens is 304 g/mol. The second kappa shape index (κ2) is 7.14. The van der Waals surface area contributed by atoms with Gasteiger partial charge in [0.05, 0.1) is 5.75 Å². The molecule has 0 aliphatic carbocycles. The monoisotopic (exact) mass is 328 g/mol. The molecule has 20 heavy (non-hydrogen) atoms. The molecular formula is C10H24N4O4S2. The third-order valence-electron chi connectivity index (χ3n) is 3.30. The highest BCUT2D eigenvalue weighted by molar-refractivity contribution is 7.89. The molecule has 0 aromatic carbocycles. The summed E-state index contributed by atoms with van der Waals surface area (Å²) < 4.78 is 51.8. The molecule has 0 saturated carbocycles. The van der Waals surface area contributed by atoms with Crippen LogP contribution in [0, 0.1) is 0 Å². The average Bonchev–Trinajstić information content (AvgIpc) is 2.38. The van der Waals surface area contributed by atoms with Crippen molar-refractivity contribution in [1.82, 2.24) is 18.2 Å². The molecule has 0 aromatic rings. The van der Waals surface area contributed by atoms with E-state index in [1.165, 1.54) is 18.4 Å². The van der Waals surface area contributed by atoms with Crippen LogP contribution in [0.25, 0.3) is 0 Å². The highest BCUT2D eigenvalue weighted by Crippen LogP contribution is 2.07. The lowest BCUT2D eigenvalue weighted by atomic mass is 10.4. The van der Waals surface area contributed by atoms with Crippen molar-refractivity contribution in [2.75, 3.05) is 59.1 Å². The van der Waals surface area contributed by atoms with Crippen molar-refractivity contribution in [3.63, 3.8) is 0 Å². The minimum atomic E-state index is -3.57. The smallest absolute Gasteiger partial charge is 0.278 e. The fourth-order valence-corrected chi connectivity index (χ4v) is 3.97. The van der Waals surface area contributed by atoms with Crippen LogP contribution in [-0.4, -0.2) is 89.5 Å². The summed E-state index contributed by atoms with van der Waals surface area (Å²) in [5.41, 5.74) is 0. The lowest BCUT2D eigenvalue weighted by molar-refractivity contribution is 0.196. The second-order valence-corrected chi connectivity index (χ2v) is 8.89. The molecule has 1 aliphatic rings. The molecule has 1 N–H and O–H groups in total. The summed E-state index contributed by atoms with van der Waals surface area (Å²) in [4.78, 5) is 2.18. The highest BCUT2D eigenvalue weighted by Gasteiger charge is 2.26. The Hall–Kier alpha value is -0.260. The fourth-order valence-electron chi connectivity index (χ4n) is 1.88. The standard InChI is InChI=1S/C10H24N4O4S2/c1-4-13-6-8-14(9-7-13)19(15,16)10-5-11-20(17,18)12(2)3/h11H,4-10H2,1-3H3. The van der Waals surface area contributed by atoms with E-state index < -0.39 is 20.2 Å². The van der Waals surface area contributed by atoms with E-state index in [1.54, 1.807) is 0 Å². The second-order valence-electron chi connectivity index (χ2n) is 4.83. The molecule has 1 fully saturated rings. The van der Waals surface area contributed by atoms with Crippen LogP contribution in [0.3, 0.4) is 0 Å². The van der Waals surface area contributed by atoms with Crippen molar-refractivity contribution in [3.05, 3.63) is 0 Å². The Morgan fingerprint density at radius 2 is 1.60 bits per heavy atom. The number of nitrogens with zero attached hydrogens (tertiary/aromatic N) is 3. The summed E-state index contributed by atoms with van der Waals surface area (Å²) in [5.74, 6) is -0.216. The summed E-state index contributed by atoms with van der Waals surface area (Å²) in [6.07, 6.45) is 0. The van der Waals surface area contributed by atoms with Crippen molar-refractivity contribution in [3.8, 4) is 0 Å². The molecule has 0 amide bonds. The van der Waals surface area contributed by atoms with Crippen LogP contribution in [0.1, 0.15) is 6.92 Å². The minimum Gasteiger partial charge on any atom is -0.301 e. The number of sulfonamides is 1. The predicted molar refractivity (Wildman–Crippen MR) is 78.1 cm³/mol. The van der Waals surface area contributed by atoms with Gasteiger partial charge in [-0.2, -0.15) is 17.0 Å². The van der Waals surface area contributed by atoms with Crippen LogP contribution in [0.5, 0.6) is 0 Å². The van der Waals surface area contributed by atoms with Crippen molar-refractivity contribution in [1.29, 1.82) is 0 Å². The Bertz CT molecular complexity index is 495. The molecule has 1 saturated heterocycles. The molecule has 1 rings (SSSR count). The normalized spacial score (nSPS) is 19.6. The number of piperazine rings is 1. The van der Waals surface area contributed by atoms with Gasteiger partial charge in [0.25, 0.3) is 10.2 Å². The molecule has 0 spiro atoms. The summed E-state index contributed by atoms with van der Waals surface area (Å²) in [6.45, 7) is 5.22. The zero-order valence-electron chi connectivity index (χ0n) is 12.2. The van der Waals surface area contributed by atoms with Gasteiger partial charge in [0, 0.05) is 46.8 Å². The number of likely N-dealkylation sites (N-methyl/N-ethyl adjacent to an activating group) is 1. The molecule has 0 bridgehead atoms. The molecule has 0 unspecified atom stereocenters. The van der Waals surface area contributed by atoms with Crippen molar-refractivity contribution in [2.45, 2.75) is 6.92 Å². The lowest BCUT2D eigenvalue weighted by Gasteiger charge is -2.33. The van der Waals surface area contributed by atoms with E-state index in [0.717, 1.165) is 23.9 Å². The van der Waals surface area contributed by atoms with Gasteiger partial charge in [-0.1, -0.05) is 6.92 Å². The fraction of sp³-hybridized carbons (Fsp3) is 1.00. The molecule has 8 nitrogen and oxygen atoms in total. The van der Waals surface area contributed by atoms with Gasteiger partial charge in [-0.3, -0.25) is 0 Å². The number of nitrogens with one attached hydrogen (secondary N) is 1. The van der Waals surface area contributed by atoms with Crippen LogP contribution in [0.2, 0.25) is 0 Å². The third kappa shape index (κ3) is 4.93. The van der Waals surface area contributed by atoms with E-state index in [0.29, 0.717) is 13.1 Å². The Morgan fingerprint density at radius 3 is 2.05 bits per heavy atom. The Kier molecular flexibility index (Phi) is 6.35. The highest BCUT2D eigenvalue weighted by atomic mass is 32.2. The summed E-state index contributed by atoms with van der Waals surface area (Å²) in [6, 6.07) is 0. The molecule has 1 aliphatic heterocycles. The zero-order valence-corrected chi connectivity index (χ0v) is 13.9. The van der Waals surface area contributed by atoms with Gasteiger partial charge in [0.1, 0.15) is 0 Å². The number of hydrogen-bond acceptors (Lipinski definition) is 5. The maximum absolute atomic E-state index is 12.1.